The zero-order chi connectivity index (χ0) is 9.14. The molecule has 0 heterocycles. The van der Waals surface area contributed by atoms with Crippen molar-refractivity contribution in [2.75, 3.05) is 7.11 Å². The Bertz CT molecular complexity index is 346. The maximum Gasteiger partial charge on any atom is 0.179 e. The van der Waals surface area contributed by atoms with Gasteiger partial charge in [-0.15, -0.1) is 12.6 Å². The van der Waals surface area contributed by atoms with Crippen molar-refractivity contribution in [3.8, 4) is 11.8 Å². The van der Waals surface area contributed by atoms with E-state index in [-0.39, 0.29) is 16.2 Å². The first-order valence-corrected chi connectivity index (χ1v) is 3.61. The van der Waals surface area contributed by atoms with Gasteiger partial charge < -0.3 is 4.74 Å². The lowest BCUT2D eigenvalue weighted by atomic mass is 10.2. The van der Waals surface area contributed by atoms with Crippen molar-refractivity contribution < 1.29 is 9.13 Å². The van der Waals surface area contributed by atoms with Crippen molar-refractivity contribution in [2.24, 2.45) is 0 Å². The zero-order valence-electron chi connectivity index (χ0n) is 6.34. The molecule has 0 fully saturated rings. The number of benzene rings is 1. The van der Waals surface area contributed by atoms with E-state index in [9.17, 15) is 4.39 Å². The highest BCUT2D eigenvalue weighted by Crippen LogP contribution is 2.26. The summed E-state index contributed by atoms with van der Waals surface area (Å²) in [5, 5.41) is 8.54. The molecule has 12 heavy (non-hydrogen) atoms. The highest BCUT2D eigenvalue weighted by atomic mass is 32.1. The molecule has 1 aromatic carbocycles. The molecule has 0 spiro atoms. The van der Waals surface area contributed by atoms with Crippen molar-refractivity contribution >= 4 is 12.6 Å². The van der Waals surface area contributed by atoms with Crippen LogP contribution in [-0.4, -0.2) is 7.11 Å². The van der Waals surface area contributed by atoms with Crippen LogP contribution in [0.4, 0.5) is 4.39 Å². The Morgan fingerprint density at radius 3 is 2.75 bits per heavy atom. The van der Waals surface area contributed by atoms with Crippen LogP contribution in [0.15, 0.2) is 17.0 Å². The molecule has 0 amide bonds. The molecule has 4 heteroatoms. The summed E-state index contributed by atoms with van der Waals surface area (Å²) in [6.07, 6.45) is 0. The number of ether oxygens (including phenoxy) is 1. The number of rotatable bonds is 1. The molecule has 0 aromatic heterocycles. The molecule has 0 atom stereocenters. The maximum atomic E-state index is 13.1. The Hall–Kier alpha value is -1.21. The first-order valence-electron chi connectivity index (χ1n) is 3.16. The molecule has 2 nitrogen and oxygen atoms in total. The van der Waals surface area contributed by atoms with Gasteiger partial charge in [0.25, 0.3) is 0 Å². The summed E-state index contributed by atoms with van der Waals surface area (Å²) in [5.74, 6) is -0.648. The van der Waals surface area contributed by atoms with Crippen LogP contribution in [0.25, 0.3) is 0 Å². The van der Waals surface area contributed by atoms with Crippen molar-refractivity contribution in [3.63, 3.8) is 0 Å². The monoisotopic (exact) mass is 183 g/mol. The smallest absolute Gasteiger partial charge is 0.179 e. The van der Waals surface area contributed by atoms with E-state index < -0.39 is 5.82 Å². The van der Waals surface area contributed by atoms with Gasteiger partial charge in [0.05, 0.1) is 12.7 Å². The van der Waals surface area contributed by atoms with E-state index in [1.807, 2.05) is 6.07 Å². The van der Waals surface area contributed by atoms with Gasteiger partial charge in [-0.2, -0.15) is 5.26 Å². The van der Waals surface area contributed by atoms with Crippen molar-refractivity contribution in [1.82, 2.24) is 0 Å². The summed E-state index contributed by atoms with van der Waals surface area (Å²) in [7, 11) is 1.31. The van der Waals surface area contributed by atoms with Crippen molar-refractivity contribution in [3.05, 3.63) is 23.5 Å². The van der Waals surface area contributed by atoms with Crippen LogP contribution in [0.3, 0.4) is 0 Å². The fraction of sp³-hybridized carbons (Fsp3) is 0.125. The van der Waals surface area contributed by atoms with Crippen LogP contribution in [0, 0.1) is 17.1 Å². The lowest BCUT2D eigenvalue weighted by molar-refractivity contribution is 0.380. The van der Waals surface area contributed by atoms with Crippen LogP contribution in [0.5, 0.6) is 5.75 Å². The molecule has 0 saturated carbocycles. The standard InChI is InChI=1S/C8H6FNOS/c1-11-8-5(4-10)2-3-6(12)7(8)9/h2-3,12H,1H3. The number of hydrogen-bond acceptors (Lipinski definition) is 3. The van der Waals surface area contributed by atoms with Crippen LogP contribution >= 0.6 is 12.6 Å². The molecule has 62 valence electrons. The fourth-order valence-electron chi connectivity index (χ4n) is 0.833. The summed E-state index contributed by atoms with van der Waals surface area (Å²) in [5.41, 5.74) is 0.174. The topological polar surface area (TPSA) is 33.0 Å². The van der Waals surface area contributed by atoms with Crippen molar-refractivity contribution in [2.45, 2.75) is 4.90 Å². The van der Waals surface area contributed by atoms with E-state index in [1.54, 1.807) is 0 Å². The van der Waals surface area contributed by atoms with Gasteiger partial charge in [-0.25, -0.2) is 4.39 Å². The minimum absolute atomic E-state index is 0.0509. The van der Waals surface area contributed by atoms with Gasteiger partial charge in [0.2, 0.25) is 0 Å². The fourth-order valence-corrected chi connectivity index (χ4v) is 1.01. The molecule has 0 radical (unpaired) electrons. The minimum atomic E-state index is -0.597. The Morgan fingerprint density at radius 2 is 2.25 bits per heavy atom. The van der Waals surface area contributed by atoms with Gasteiger partial charge >= 0.3 is 0 Å². The molecule has 0 aliphatic rings. The van der Waals surface area contributed by atoms with E-state index >= 15 is 0 Å². The largest absolute Gasteiger partial charge is 0.492 e. The van der Waals surface area contributed by atoms with Crippen LogP contribution < -0.4 is 4.74 Å². The average Bonchev–Trinajstić information content (AvgIpc) is 2.09. The maximum absolute atomic E-state index is 13.1. The average molecular weight is 183 g/mol. The molecular weight excluding hydrogens is 177 g/mol. The number of nitriles is 1. The second-order valence-electron chi connectivity index (χ2n) is 2.09. The van der Waals surface area contributed by atoms with E-state index in [0.717, 1.165) is 0 Å². The summed E-state index contributed by atoms with van der Waals surface area (Å²) in [6.45, 7) is 0. The Kier molecular flexibility index (Phi) is 2.56. The van der Waals surface area contributed by atoms with Crippen LogP contribution in [-0.2, 0) is 0 Å². The first-order chi connectivity index (χ1) is 5.70. The summed E-state index contributed by atoms with van der Waals surface area (Å²) in [6, 6.07) is 4.69. The van der Waals surface area contributed by atoms with Crippen LogP contribution in [0.2, 0.25) is 0 Å². The molecule has 0 aliphatic heterocycles. The highest BCUT2D eigenvalue weighted by Gasteiger charge is 2.11. The molecule has 1 aromatic rings. The third kappa shape index (κ3) is 1.36. The van der Waals surface area contributed by atoms with Gasteiger partial charge in [-0.3, -0.25) is 0 Å². The second-order valence-corrected chi connectivity index (χ2v) is 2.57. The summed E-state index contributed by atoms with van der Waals surface area (Å²) < 4.78 is 17.8. The second kappa shape index (κ2) is 3.46. The molecule has 0 N–H and O–H groups in total. The van der Waals surface area contributed by atoms with E-state index in [1.165, 1.54) is 19.2 Å². The lowest BCUT2D eigenvalue weighted by Crippen LogP contribution is -1.92. The Morgan fingerprint density at radius 1 is 1.58 bits per heavy atom. The molecule has 0 aliphatic carbocycles. The Balaban J connectivity index is 3.38. The van der Waals surface area contributed by atoms with E-state index in [4.69, 9.17) is 10.00 Å². The number of methoxy groups -OCH3 is 1. The summed E-state index contributed by atoms with van der Waals surface area (Å²) in [4.78, 5) is 0.172. The molecular formula is C8H6FNOS. The van der Waals surface area contributed by atoms with Crippen molar-refractivity contribution in [1.29, 1.82) is 5.26 Å². The minimum Gasteiger partial charge on any atom is -0.492 e. The summed E-state index contributed by atoms with van der Waals surface area (Å²) >= 11 is 3.84. The molecule has 0 saturated heterocycles. The van der Waals surface area contributed by atoms with Gasteiger partial charge in [-0.1, -0.05) is 0 Å². The number of halogens is 1. The van der Waals surface area contributed by atoms with Gasteiger partial charge in [-0.05, 0) is 12.1 Å². The normalized spacial score (nSPS) is 9.17. The number of nitrogens with zero attached hydrogens (tertiary/aromatic N) is 1. The van der Waals surface area contributed by atoms with E-state index in [0.29, 0.717) is 0 Å². The first kappa shape index (κ1) is 8.88. The molecule has 1 rings (SSSR count). The third-order valence-corrected chi connectivity index (χ3v) is 1.75. The quantitative estimate of drug-likeness (QED) is 0.675. The zero-order valence-corrected chi connectivity index (χ0v) is 7.23. The Labute approximate surface area is 75.0 Å². The number of thiol groups is 1. The van der Waals surface area contributed by atoms with E-state index in [2.05, 4.69) is 12.6 Å². The third-order valence-electron chi connectivity index (χ3n) is 1.40. The number of hydrogen-bond donors (Lipinski definition) is 1. The molecule has 0 unspecified atom stereocenters. The van der Waals surface area contributed by atoms with Crippen LogP contribution in [0.1, 0.15) is 5.56 Å². The highest BCUT2D eigenvalue weighted by molar-refractivity contribution is 7.80. The van der Waals surface area contributed by atoms with Gasteiger partial charge in [0, 0.05) is 4.90 Å². The molecule has 0 bridgehead atoms. The van der Waals surface area contributed by atoms with Gasteiger partial charge in [0.1, 0.15) is 6.07 Å². The SMILES string of the molecule is COc1c(C#N)ccc(S)c1F. The predicted octanol–water partition coefficient (Wildman–Crippen LogP) is 1.99. The lowest BCUT2D eigenvalue weighted by Gasteiger charge is -2.04. The van der Waals surface area contributed by atoms with Gasteiger partial charge in [0.15, 0.2) is 11.6 Å². The predicted molar refractivity (Wildman–Crippen MR) is 44.9 cm³/mol.